The van der Waals surface area contributed by atoms with Crippen LogP contribution < -0.4 is 5.32 Å². The molecule has 1 fully saturated rings. The van der Waals surface area contributed by atoms with E-state index in [0.29, 0.717) is 4.91 Å². The zero-order valence-electron chi connectivity index (χ0n) is 13.9. The number of anilines is 1. The van der Waals surface area contributed by atoms with Crippen LogP contribution in [-0.4, -0.2) is 22.7 Å². The first-order chi connectivity index (χ1) is 11.9. The second-order valence-corrected chi connectivity index (χ2v) is 7.73. The predicted octanol–water partition coefficient (Wildman–Crippen LogP) is 5.17. The van der Waals surface area contributed by atoms with Crippen LogP contribution in [0.25, 0.3) is 6.08 Å². The van der Waals surface area contributed by atoms with Crippen LogP contribution in [0.15, 0.2) is 51.8 Å². The Morgan fingerprint density at radius 2 is 1.96 bits per heavy atom. The molecule has 2 amide bonds. The van der Waals surface area contributed by atoms with Crippen molar-refractivity contribution >= 4 is 50.6 Å². The van der Waals surface area contributed by atoms with Crippen LogP contribution in [0.1, 0.15) is 16.7 Å². The SMILES string of the molecule is Cc1ccc(NCN2C(=O)S/C(=C/c3cccc(Br)c3)C2=O)c(C)c1. The number of hydrogen-bond acceptors (Lipinski definition) is 4. The fourth-order valence-electron chi connectivity index (χ4n) is 2.56. The summed E-state index contributed by atoms with van der Waals surface area (Å²) in [7, 11) is 0. The molecule has 0 aliphatic carbocycles. The third-order valence-electron chi connectivity index (χ3n) is 3.83. The molecule has 4 nitrogen and oxygen atoms in total. The van der Waals surface area contributed by atoms with E-state index in [1.807, 2.05) is 50.2 Å². The van der Waals surface area contributed by atoms with Gasteiger partial charge >= 0.3 is 0 Å². The Bertz CT molecular complexity index is 879. The van der Waals surface area contributed by atoms with Gasteiger partial charge in [-0.25, -0.2) is 0 Å². The van der Waals surface area contributed by atoms with Gasteiger partial charge in [0.05, 0.1) is 11.6 Å². The molecule has 1 aliphatic heterocycles. The molecule has 3 rings (SSSR count). The van der Waals surface area contributed by atoms with Crippen molar-refractivity contribution in [1.29, 1.82) is 0 Å². The lowest BCUT2D eigenvalue weighted by atomic mass is 10.1. The molecule has 128 valence electrons. The fraction of sp³-hybridized carbons (Fsp3) is 0.158. The van der Waals surface area contributed by atoms with Gasteiger partial charge in [0.15, 0.2) is 0 Å². The average molecular weight is 417 g/mol. The second-order valence-electron chi connectivity index (χ2n) is 5.82. The Morgan fingerprint density at radius 3 is 2.68 bits per heavy atom. The highest BCUT2D eigenvalue weighted by Gasteiger charge is 2.34. The van der Waals surface area contributed by atoms with Gasteiger partial charge in [0, 0.05) is 10.2 Å². The van der Waals surface area contributed by atoms with Crippen molar-refractivity contribution in [2.45, 2.75) is 13.8 Å². The van der Waals surface area contributed by atoms with Crippen LogP contribution in [0.5, 0.6) is 0 Å². The van der Waals surface area contributed by atoms with E-state index >= 15 is 0 Å². The Kier molecular flexibility index (Phi) is 5.30. The predicted molar refractivity (Wildman–Crippen MR) is 106 cm³/mol. The number of hydrogen-bond donors (Lipinski definition) is 1. The maximum atomic E-state index is 12.5. The second kappa shape index (κ2) is 7.45. The zero-order valence-corrected chi connectivity index (χ0v) is 16.3. The van der Waals surface area contributed by atoms with Crippen LogP contribution in [0.4, 0.5) is 10.5 Å². The van der Waals surface area contributed by atoms with Crippen LogP contribution in [0.3, 0.4) is 0 Å². The van der Waals surface area contributed by atoms with Gasteiger partial charge < -0.3 is 5.32 Å². The Labute approximate surface area is 159 Å². The number of amides is 2. The lowest BCUT2D eigenvalue weighted by Crippen LogP contribution is -2.33. The molecule has 1 N–H and O–H groups in total. The van der Waals surface area contributed by atoms with Crippen molar-refractivity contribution in [1.82, 2.24) is 4.90 Å². The minimum absolute atomic E-state index is 0.157. The zero-order chi connectivity index (χ0) is 18.0. The molecule has 25 heavy (non-hydrogen) atoms. The molecule has 0 unspecified atom stereocenters. The van der Waals surface area contributed by atoms with Gasteiger partial charge in [-0.05, 0) is 61.0 Å². The minimum Gasteiger partial charge on any atom is -0.367 e. The van der Waals surface area contributed by atoms with E-state index in [1.54, 1.807) is 6.08 Å². The summed E-state index contributed by atoms with van der Waals surface area (Å²) < 4.78 is 0.928. The number of imide groups is 1. The van der Waals surface area contributed by atoms with Gasteiger partial charge in [-0.1, -0.05) is 45.8 Å². The van der Waals surface area contributed by atoms with Crippen molar-refractivity contribution in [3.63, 3.8) is 0 Å². The van der Waals surface area contributed by atoms with Gasteiger partial charge in [-0.2, -0.15) is 0 Å². The van der Waals surface area contributed by atoms with Crippen LogP contribution in [0.2, 0.25) is 0 Å². The molecule has 0 aromatic heterocycles. The average Bonchev–Trinajstić information content (AvgIpc) is 2.81. The van der Waals surface area contributed by atoms with Gasteiger partial charge in [0.25, 0.3) is 11.1 Å². The molecule has 0 atom stereocenters. The van der Waals surface area contributed by atoms with Gasteiger partial charge in [0.2, 0.25) is 0 Å². The summed E-state index contributed by atoms with van der Waals surface area (Å²) in [6, 6.07) is 13.6. The molecule has 0 bridgehead atoms. The summed E-state index contributed by atoms with van der Waals surface area (Å²) in [5, 5.41) is 2.91. The van der Waals surface area contributed by atoms with E-state index in [1.165, 1.54) is 10.5 Å². The molecule has 0 saturated carbocycles. The van der Waals surface area contributed by atoms with Gasteiger partial charge in [-0.3, -0.25) is 14.5 Å². The van der Waals surface area contributed by atoms with Crippen molar-refractivity contribution in [2.24, 2.45) is 0 Å². The van der Waals surface area contributed by atoms with Crippen molar-refractivity contribution in [3.05, 3.63) is 68.5 Å². The topological polar surface area (TPSA) is 49.4 Å². The van der Waals surface area contributed by atoms with Gasteiger partial charge in [0.1, 0.15) is 0 Å². The number of halogens is 1. The summed E-state index contributed by atoms with van der Waals surface area (Å²) in [5.74, 6) is -0.271. The molecule has 1 heterocycles. The van der Waals surface area contributed by atoms with Crippen LogP contribution >= 0.6 is 27.7 Å². The first-order valence-corrected chi connectivity index (χ1v) is 9.37. The van der Waals surface area contributed by atoms with Gasteiger partial charge in [-0.15, -0.1) is 0 Å². The largest absolute Gasteiger partial charge is 0.367 e. The van der Waals surface area contributed by atoms with E-state index in [0.717, 1.165) is 33.0 Å². The van der Waals surface area contributed by atoms with Crippen LogP contribution in [-0.2, 0) is 4.79 Å². The van der Waals surface area contributed by atoms with E-state index < -0.39 is 0 Å². The number of carbonyl (C=O) groups is 2. The Balaban J connectivity index is 1.73. The summed E-state index contributed by atoms with van der Waals surface area (Å²) in [6.45, 7) is 4.18. The summed E-state index contributed by atoms with van der Waals surface area (Å²) >= 11 is 4.37. The normalized spacial score (nSPS) is 16.0. The molecule has 1 aliphatic rings. The third kappa shape index (κ3) is 4.14. The standard InChI is InChI=1S/C19H17BrN2O2S/c1-12-6-7-16(13(2)8-12)21-11-22-18(23)17(25-19(22)24)10-14-4-3-5-15(20)9-14/h3-10,21H,11H2,1-2H3/b17-10+. The summed E-state index contributed by atoms with van der Waals surface area (Å²) in [4.78, 5) is 26.4. The molecular weight excluding hydrogens is 400 g/mol. The molecule has 6 heteroatoms. The maximum absolute atomic E-state index is 12.5. The number of nitrogens with one attached hydrogen (secondary N) is 1. The monoisotopic (exact) mass is 416 g/mol. The molecule has 0 spiro atoms. The Hall–Kier alpha value is -2.05. The molecule has 1 saturated heterocycles. The molecule has 0 radical (unpaired) electrons. The van der Waals surface area contributed by atoms with Crippen molar-refractivity contribution in [2.75, 3.05) is 12.0 Å². The van der Waals surface area contributed by atoms with E-state index in [9.17, 15) is 9.59 Å². The highest BCUT2D eigenvalue weighted by atomic mass is 79.9. The third-order valence-corrected chi connectivity index (χ3v) is 5.23. The quantitative estimate of drug-likeness (QED) is 0.698. The number of rotatable bonds is 4. The number of benzene rings is 2. The fourth-order valence-corrected chi connectivity index (χ4v) is 3.82. The highest BCUT2D eigenvalue weighted by molar-refractivity contribution is 9.10. The van der Waals surface area contributed by atoms with Crippen molar-refractivity contribution < 1.29 is 9.59 Å². The molecule has 2 aromatic rings. The maximum Gasteiger partial charge on any atom is 0.295 e. The highest BCUT2D eigenvalue weighted by Crippen LogP contribution is 2.32. The van der Waals surface area contributed by atoms with Crippen LogP contribution in [0, 0.1) is 13.8 Å². The summed E-state index contributed by atoms with van der Waals surface area (Å²) in [6.07, 6.45) is 1.74. The van der Waals surface area contributed by atoms with E-state index in [4.69, 9.17) is 0 Å². The number of aryl methyl sites for hydroxylation is 2. The first kappa shape index (κ1) is 17.8. The smallest absolute Gasteiger partial charge is 0.295 e. The lowest BCUT2D eigenvalue weighted by Gasteiger charge is -2.16. The number of nitrogens with zero attached hydrogens (tertiary/aromatic N) is 1. The van der Waals surface area contributed by atoms with Crippen molar-refractivity contribution in [3.8, 4) is 0 Å². The Morgan fingerprint density at radius 1 is 1.16 bits per heavy atom. The number of thioether (sulfide) groups is 1. The van der Waals surface area contributed by atoms with E-state index in [2.05, 4.69) is 27.3 Å². The first-order valence-electron chi connectivity index (χ1n) is 7.76. The minimum atomic E-state index is -0.271. The lowest BCUT2D eigenvalue weighted by molar-refractivity contribution is -0.122. The number of carbonyl (C=O) groups excluding carboxylic acids is 2. The molecular formula is C19H17BrN2O2S. The summed E-state index contributed by atoms with van der Waals surface area (Å²) in [5.41, 5.74) is 4.05. The van der Waals surface area contributed by atoms with E-state index in [-0.39, 0.29) is 17.8 Å². The molecule has 2 aromatic carbocycles.